The summed E-state index contributed by atoms with van der Waals surface area (Å²) in [7, 11) is 0. The Balaban J connectivity index is 2.68. The van der Waals surface area contributed by atoms with Crippen molar-refractivity contribution in [1.82, 2.24) is 10.6 Å². The lowest BCUT2D eigenvalue weighted by molar-refractivity contribution is -0.119. The maximum absolute atomic E-state index is 12.0. The Hall–Kier alpha value is -1.33. The van der Waals surface area contributed by atoms with Crippen LogP contribution in [0.4, 0.5) is 9.18 Å². The molecule has 6 heteroatoms. The first-order valence-corrected chi connectivity index (χ1v) is 6.89. The van der Waals surface area contributed by atoms with Crippen LogP contribution >= 0.6 is 0 Å². The molecule has 0 aromatic heterocycles. The number of rotatable bonds is 4. The van der Waals surface area contributed by atoms with Crippen LogP contribution in [0.5, 0.6) is 0 Å². The quantitative estimate of drug-likeness (QED) is 0.834. The van der Waals surface area contributed by atoms with Crippen LogP contribution in [0.1, 0.15) is 47.0 Å². The molecule has 5 nitrogen and oxygen atoms in total. The lowest BCUT2D eigenvalue weighted by Gasteiger charge is -2.46. The van der Waals surface area contributed by atoms with Crippen molar-refractivity contribution >= 4 is 12.0 Å². The Morgan fingerprint density at radius 2 is 1.95 bits per heavy atom. The summed E-state index contributed by atoms with van der Waals surface area (Å²) in [6, 6.07) is -0.0726. The Labute approximate surface area is 119 Å². The molecule has 2 amide bonds. The van der Waals surface area contributed by atoms with E-state index in [2.05, 4.69) is 36.1 Å². The standard InChI is InChI=1S/C14H25FN2O3/c1-10(18)16-8-14(4)6-11(5-13(2,3)7-14)17-12(19)20-9-15/h11H,5-9H2,1-4H3,(H,16,18)(H,17,19). The normalized spacial score (nSPS) is 28.6. The van der Waals surface area contributed by atoms with E-state index in [1.54, 1.807) is 0 Å². The minimum atomic E-state index is -1.12. The number of alkyl carbamates (subject to hydrolysis) is 1. The van der Waals surface area contributed by atoms with Gasteiger partial charge in [0.2, 0.25) is 12.8 Å². The Morgan fingerprint density at radius 1 is 1.30 bits per heavy atom. The van der Waals surface area contributed by atoms with Crippen LogP contribution in [0.15, 0.2) is 0 Å². The second-order valence-electron chi connectivity index (χ2n) is 6.85. The fraction of sp³-hybridized carbons (Fsp3) is 0.857. The van der Waals surface area contributed by atoms with Gasteiger partial charge in [0.15, 0.2) is 0 Å². The van der Waals surface area contributed by atoms with Crippen molar-refractivity contribution in [2.75, 3.05) is 13.4 Å². The molecule has 1 aliphatic rings. The van der Waals surface area contributed by atoms with E-state index in [4.69, 9.17) is 0 Å². The Morgan fingerprint density at radius 3 is 2.50 bits per heavy atom. The smallest absolute Gasteiger partial charge is 0.409 e. The zero-order valence-electron chi connectivity index (χ0n) is 12.7. The third kappa shape index (κ3) is 5.35. The maximum Gasteiger partial charge on any atom is 0.409 e. The van der Waals surface area contributed by atoms with Crippen LogP contribution in [0.25, 0.3) is 0 Å². The van der Waals surface area contributed by atoms with Gasteiger partial charge in [-0.1, -0.05) is 20.8 Å². The van der Waals surface area contributed by atoms with Gasteiger partial charge in [-0.3, -0.25) is 4.79 Å². The van der Waals surface area contributed by atoms with Gasteiger partial charge >= 0.3 is 6.09 Å². The van der Waals surface area contributed by atoms with Crippen molar-refractivity contribution < 1.29 is 18.7 Å². The summed E-state index contributed by atoms with van der Waals surface area (Å²) < 4.78 is 16.3. The molecule has 1 saturated carbocycles. The molecule has 2 N–H and O–H groups in total. The SMILES string of the molecule is CC(=O)NCC1(C)CC(NC(=O)OCF)CC(C)(C)C1. The number of hydrogen-bond acceptors (Lipinski definition) is 3. The third-order valence-electron chi connectivity index (χ3n) is 3.72. The monoisotopic (exact) mass is 288 g/mol. The second-order valence-corrected chi connectivity index (χ2v) is 6.85. The molecule has 1 fully saturated rings. The average Bonchev–Trinajstić information content (AvgIpc) is 2.23. The van der Waals surface area contributed by atoms with Crippen molar-refractivity contribution in [2.45, 2.75) is 53.0 Å². The molecule has 0 bridgehead atoms. The van der Waals surface area contributed by atoms with Crippen molar-refractivity contribution in [3.8, 4) is 0 Å². The van der Waals surface area contributed by atoms with Crippen molar-refractivity contribution in [2.24, 2.45) is 10.8 Å². The Bertz CT molecular complexity index is 373. The van der Waals surface area contributed by atoms with Gasteiger partial charge in [0, 0.05) is 19.5 Å². The van der Waals surface area contributed by atoms with Gasteiger partial charge in [-0.05, 0) is 30.1 Å². The number of amides is 2. The molecular weight excluding hydrogens is 263 g/mol. The Kier molecular flexibility index (Phi) is 5.36. The summed E-state index contributed by atoms with van der Waals surface area (Å²) in [5.74, 6) is -0.0593. The molecule has 0 aliphatic heterocycles. The highest BCUT2D eigenvalue weighted by Gasteiger charge is 2.41. The van der Waals surface area contributed by atoms with Crippen LogP contribution in [-0.2, 0) is 9.53 Å². The predicted octanol–water partition coefficient (Wildman–Crippen LogP) is 2.36. The van der Waals surface area contributed by atoms with E-state index in [0.29, 0.717) is 6.54 Å². The summed E-state index contributed by atoms with van der Waals surface area (Å²) in [5, 5.41) is 5.55. The highest BCUT2D eigenvalue weighted by atomic mass is 19.1. The number of nitrogens with one attached hydrogen (secondary N) is 2. The number of halogens is 1. The molecule has 20 heavy (non-hydrogen) atoms. The topological polar surface area (TPSA) is 67.4 Å². The molecule has 0 spiro atoms. The molecule has 0 aromatic rings. The lowest BCUT2D eigenvalue weighted by Crippen LogP contribution is -2.50. The first kappa shape index (κ1) is 16.7. The zero-order valence-corrected chi connectivity index (χ0v) is 12.7. The summed E-state index contributed by atoms with van der Waals surface area (Å²) in [6.07, 6.45) is 1.77. The number of ether oxygens (including phenoxy) is 1. The summed E-state index contributed by atoms with van der Waals surface area (Å²) in [4.78, 5) is 22.4. The predicted molar refractivity (Wildman–Crippen MR) is 73.8 cm³/mol. The van der Waals surface area contributed by atoms with E-state index < -0.39 is 13.0 Å². The van der Waals surface area contributed by atoms with Crippen LogP contribution in [-0.4, -0.2) is 31.4 Å². The van der Waals surface area contributed by atoms with Gasteiger partial charge in [-0.25, -0.2) is 9.18 Å². The fourth-order valence-electron chi connectivity index (χ4n) is 3.47. The molecule has 1 rings (SSSR count). The first-order valence-electron chi connectivity index (χ1n) is 6.89. The van der Waals surface area contributed by atoms with Gasteiger partial charge in [0.1, 0.15) is 0 Å². The van der Waals surface area contributed by atoms with Crippen LogP contribution in [0.2, 0.25) is 0 Å². The maximum atomic E-state index is 12.0. The molecule has 1 aliphatic carbocycles. The number of carbonyl (C=O) groups is 2. The highest BCUT2D eigenvalue weighted by molar-refractivity contribution is 5.72. The first-order chi connectivity index (χ1) is 9.16. The van der Waals surface area contributed by atoms with E-state index in [1.165, 1.54) is 6.92 Å². The number of hydrogen-bond donors (Lipinski definition) is 2. The largest absolute Gasteiger partial charge is 0.418 e. The van der Waals surface area contributed by atoms with Crippen LogP contribution in [0, 0.1) is 10.8 Å². The fourth-order valence-corrected chi connectivity index (χ4v) is 3.47. The highest BCUT2D eigenvalue weighted by Crippen LogP contribution is 2.45. The van der Waals surface area contributed by atoms with E-state index in [1.807, 2.05) is 0 Å². The number of alkyl halides is 1. The van der Waals surface area contributed by atoms with E-state index in [0.717, 1.165) is 19.3 Å². The van der Waals surface area contributed by atoms with Gasteiger partial charge in [0.25, 0.3) is 0 Å². The number of carbonyl (C=O) groups excluding carboxylic acids is 2. The van der Waals surface area contributed by atoms with Crippen molar-refractivity contribution in [3.05, 3.63) is 0 Å². The molecule has 0 aromatic carbocycles. The molecule has 2 atom stereocenters. The van der Waals surface area contributed by atoms with Crippen LogP contribution < -0.4 is 10.6 Å². The van der Waals surface area contributed by atoms with E-state index in [-0.39, 0.29) is 22.8 Å². The molecule has 2 unspecified atom stereocenters. The van der Waals surface area contributed by atoms with Gasteiger partial charge < -0.3 is 15.4 Å². The van der Waals surface area contributed by atoms with Crippen LogP contribution in [0.3, 0.4) is 0 Å². The minimum absolute atomic E-state index is 0.0408. The van der Waals surface area contributed by atoms with Crippen molar-refractivity contribution in [3.63, 3.8) is 0 Å². The molecule has 0 heterocycles. The van der Waals surface area contributed by atoms with Gasteiger partial charge in [0.05, 0.1) is 0 Å². The lowest BCUT2D eigenvalue weighted by atomic mass is 9.62. The molecule has 0 saturated heterocycles. The summed E-state index contributed by atoms with van der Waals surface area (Å²) in [6.45, 7) is 7.30. The molecule has 0 radical (unpaired) electrons. The zero-order chi connectivity index (χ0) is 15.4. The van der Waals surface area contributed by atoms with Crippen molar-refractivity contribution in [1.29, 1.82) is 0 Å². The summed E-state index contributed by atoms with van der Waals surface area (Å²) >= 11 is 0. The molecule has 116 valence electrons. The minimum Gasteiger partial charge on any atom is -0.418 e. The van der Waals surface area contributed by atoms with Gasteiger partial charge in [-0.15, -0.1) is 0 Å². The van der Waals surface area contributed by atoms with Gasteiger partial charge in [-0.2, -0.15) is 0 Å². The van der Waals surface area contributed by atoms with E-state index >= 15 is 0 Å². The second kappa shape index (κ2) is 6.41. The molecular formula is C14H25FN2O3. The average molecular weight is 288 g/mol. The third-order valence-corrected chi connectivity index (χ3v) is 3.72. The summed E-state index contributed by atoms with van der Waals surface area (Å²) in [5.41, 5.74) is -0.0553. The van der Waals surface area contributed by atoms with E-state index in [9.17, 15) is 14.0 Å².